The van der Waals surface area contributed by atoms with Gasteiger partial charge in [0.1, 0.15) is 6.10 Å². The molecule has 0 saturated heterocycles. The van der Waals surface area contributed by atoms with Crippen molar-refractivity contribution in [1.29, 1.82) is 0 Å². The number of hydrogen-bond donors (Lipinski definition) is 0. The Morgan fingerprint density at radius 1 is 1.50 bits per heavy atom. The minimum absolute atomic E-state index is 0.272. The number of ether oxygens (including phenoxy) is 1. The predicted molar refractivity (Wildman–Crippen MR) is 60.5 cm³/mol. The van der Waals surface area contributed by atoms with Crippen molar-refractivity contribution in [2.75, 3.05) is 0 Å². The van der Waals surface area contributed by atoms with Gasteiger partial charge in [-0.2, -0.15) is 9.61 Å². The lowest BCUT2D eigenvalue weighted by atomic mass is 10.3. The first-order chi connectivity index (χ1) is 7.74. The molecule has 1 aliphatic rings. The fourth-order valence-electron chi connectivity index (χ4n) is 1.94. The Morgan fingerprint density at radius 2 is 2.31 bits per heavy atom. The molecule has 0 bridgehead atoms. The quantitative estimate of drug-likeness (QED) is 0.791. The van der Waals surface area contributed by atoms with E-state index in [2.05, 4.69) is 17.0 Å². The van der Waals surface area contributed by atoms with Gasteiger partial charge in [0.05, 0.1) is 6.20 Å². The molecule has 4 heteroatoms. The van der Waals surface area contributed by atoms with Crippen LogP contribution < -0.4 is 4.74 Å². The van der Waals surface area contributed by atoms with Crippen molar-refractivity contribution in [3.05, 3.63) is 24.0 Å². The van der Waals surface area contributed by atoms with E-state index in [9.17, 15) is 0 Å². The van der Waals surface area contributed by atoms with Crippen molar-refractivity contribution in [3.8, 4) is 5.88 Å². The third-order valence-corrected chi connectivity index (χ3v) is 3.05. The summed E-state index contributed by atoms with van der Waals surface area (Å²) >= 11 is 0. The molecular weight excluding hydrogens is 202 g/mol. The minimum Gasteiger partial charge on any atom is -0.474 e. The van der Waals surface area contributed by atoms with Gasteiger partial charge in [0.15, 0.2) is 5.65 Å². The maximum absolute atomic E-state index is 5.95. The Kier molecular flexibility index (Phi) is 2.09. The van der Waals surface area contributed by atoms with Crippen molar-refractivity contribution < 1.29 is 4.74 Å². The van der Waals surface area contributed by atoms with Gasteiger partial charge in [-0.25, -0.2) is 4.98 Å². The van der Waals surface area contributed by atoms with Crippen LogP contribution in [0.4, 0.5) is 0 Å². The van der Waals surface area contributed by atoms with Gasteiger partial charge in [-0.05, 0) is 32.6 Å². The molecule has 0 aliphatic heterocycles. The zero-order valence-electron chi connectivity index (χ0n) is 9.55. The maximum atomic E-state index is 5.95. The van der Waals surface area contributed by atoms with E-state index in [1.54, 1.807) is 10.7 Å². The molecule has 1 aliphatic carbocycles. The monoisotopic (exact) mass is 217 g/mol. The van der Waals surface area contributed by atoms with Crippen LogP contribution in [0.25, 0.3) is 5.65 Å². The van der Waals surface area contributed by atoms with Gasteiger partial charge in [0.25, 0.3) is 0 Å². The first kappa shape index (κ1) is 9.63. The molecule has 0 radical (unpaired) electrons. The van der Waals surface area contributed by atoms with E-state index in [1.807, 2.05) is 19.1 Å². The molecule has 2 aromatic heterocycles. The smallest absolute Gasteiger partial charge is 0.218 e. The molecule has 84 valence electrons. The van der Waals surface area contributed by atoms with E-state index < -0.39 is 0 Å². The summed E-state index contributed by atoms with van der Waals surface area (Å²) in [7, 11) is 0. The third-order valence-electron chi connectivity index (χ3n) is 3.05. The molecule has 0 N–H and O–H groups in total. The van der Waals surface area contributed by atoms with Gasteiger partial charge >= 0.3 is 0 Å². The molecule has 1 unspecified atom stereocenters. The highest BCUT2D eigenvalue weighted by molar-refractivity contribution is 5.40. The predicted octanol–water partition coefficient (Wildman–Crippen LogP) is 2.22. The summed E-state index contributed by atoms with van der Waals surface area (Å²) in [6.07, 6.45) is 4.59. The van der Waals surface area contributed by atoms with Crippen LogP contribution in [0, 0.1) is 12.8 Å². The number of hydrogen-bond acceptors (Lipinski definition) is 3. The van der Waals surface area contributed by atoms with E-state index >= 15 is 0 Å². The second-order valence-electron chi connectivity index (χ2n) is 4.50. The number of aryl methyl sites for hydroxylation is 1. The Morgan fingerprint density at radius 3 is 3.06 bits per heavy atom. The summed E-state index contributed by atoms with van der Waals surface area (Å²) in [6.45, 7) is 4.10. The Hall–Kier alpha value is -1.58. The summed E-state index contributed by atoms with van der Waals surface area (Å²) in [5.74, 6) is 1.52. The third kappa shape index (κ3) is 1.64. The van der Waals surface area contributed by atoms with Gasteiger partial charge in [-0.1, -0.05) is 0 Å². The summed E-state index contributed by atoms with van der Waals surface area (Å²) in [5, 5.41) is 4.22. The number of nitrogens with zero attached hydrogens (tertiary/aromatic N) is 3. The van der Waals surface area contributed by atoms with Gasteiger partial charge in [0, 0.05) is 17.8 Å². The Bertz CT molecular complexity index is 516. The first-order valence-corrected chi connectivity index (χ1v) is 5.72. The molecule has 16 heavy (non-hydrogen) atoms. The highest BCUT2D eigenvalue weighted by Gasteiger charge is 2.30. The van der Waals surface area contributed by atoms with Crippen molar-refractivity contribution in [3.63, 3.8) is 0 Å². The number of rotatable bonds is 3. The van der Waals surface area contributed by atoms with Gasteiger partial charge in [0.2, 0.25) is 5.88 Å². The molecule has 2 heterocycles. The molecule has 1 fully saturated rings. The topological polar surface area (TPSA) is 39.4 Å². The zero-order chi connectivity index (χ0) is 11.1. The van der Waals surface area contributed by atoms with Crippen LogP contribution >= 0.6 is 0 Å². The molecule has 1 atom stereocenters. The standard InChI is InChI=1S/C12H15N3O/c1-8-7-12(16-9(2)10-3-4-10)15-11(14-8)5-6-13-15/h5-7,9-10H,3-4H2,1-2H3. The van der Waals surface area contributed by atoms with Gasteiger partial charge in [-0.15, -0.1) is 0 Å². The molecule has 4 nitrogen and oxygen atoms in total. The van der Waals surface area contributed by atoms with Crippen molar-refractivity contribution in [1.82, 2.24) is 14.6 Å². The molecule has 0 spiro atoms. The van der Waals surface area contributed by atoms with E-state index in [0.29, 0.717) is 0 Å². The van der Waals surface area contributed by atoms with Crippen LogP contribution in [0.15, 0.2) is 18.3 Å². The fourth-order valence-corrected chi connectivity index (χ4v) is 1.94. The Balaban J connectivity index is 1.97. The van der Waals surface area contributed by atoms with Crippen LogP contribution in [-0.2, 0) is 0 Å². The number of fused-ring (bicyclic) bond motifs is 1. The highest BCUT2D eigenvalue weighted by Crippen LogP contribution is 2.34. The summed E-state index contributed by atoms with van der Waals surface area (Å²) < 4.78 is 7.71. The highest BCUT2D eigenvalue weighted by atomic mass is 16.5. The fraction of sp³-hybridized carbons (Fsp3) is 0.500. The normalized spacial score (nSPS) is 17.6. The van der Waals surface area contributed by atoms with E-state index in [0.717, 1.165) is 23.1 Å². The molecule has 1 saturated carbocycles. The maximum Gasteiger partial charge on any atom is 0.218 e. The lowest BCUT2D eigenvalue weighted by Gasteiger charge is -2.14. The minimum atomic E-state index is 0.272. The molecule has 2 aromatic rings. The molecule has 0 amide bonds. The molecular formula is C12H15N3O. The molecule has 0 aromatic carbocycles. The lowest BCUT2D eigenvalue weighted by molar-refractivity contribution is 0.185. The van der Waals surface area contributed by atoms with Gasteiger partial charge < -0.3 is 4.74 Å². The van der Waals surface area contributed by atoms with Crippen LogP contribution in [-0.4, -0.2) is 20.7 Å². The van der Waals surface area contributed by atoms with Crippen LogP contribution in [0.2, 0.25) is 0 Å². The average molecular weight is 217 g/mol. The summed E-state index contributed by atoms with van der Waals surface area (Å²) in [4.78, 5) is 4.38. The number of aromatic nitrogens is 3. The van der Waals surface area contributed by atoms with E-state index in [1.165, 1.54) is 12.8 Å². The van der Waals surface area contributed by atoms with Crippen LogP contribution in [0.5, 0.6) is 5.88 Å². The largest absolute Gasteiger partial charge is 0.474 e. The zero-order valence-corrected chi connectivity index (χ0v) is 9.55. The van der Waals surface area contributed by atoms with Crippen molar-refractivity contribution in [2.45, 2.75) is 32.8 Å². The summed E-state index contributed by atoms with van der Waals surface area (Å²) in [6, 6.07) is 3.83. The molecule has 3 rings (SSSR count). The lowest BCUT2D eigenvalue weighted by Crippen LogP contribution is -2.16. The summed E-state index contributed by atoms with van der Waals surface area (Å²) in [5.41, 5.74) is 1.81. The second-order valence-corrected chi connectivity index (χ2v) is 4.50. The van der Waals surface area contributed by atoms with E-state index in [-0.39, 0.29) is 6.10 Å². The van der Waals surface area contributed by atoms with Gasteiger partial charge in [-0.3, -0.25) is 0 Å². The van der Waals surface area contributed by atoms with Crippen LogP contribution in [0.1, 0.15) is 25.5 Å². The Labute approximate surface area is 94.3 Å². The van der Waals surface area contributed by atoms with Crippen molar-refractivity contribution >= 4 is 5.65 Å². The average Bonchev–Trinajstić information content (AvgIpc) is 2.98. The SMILES string of the molecule is Cc1cc(OC(C)C2CC2)n2nccc2n1. The van der Waals surface area contributed by atoms with Crippen molar-refractivity contribution in [2.24, 2.45) is 5.92 Å². The van der Waals surface area contributed by atoms with E-state index in [4.69, 9.17) is 4.74 Å². The second kappa shape index (κ2) is 3.47. The van der Waals surface area contributed by atoms with Crippen LogP contribution in [0.3, 0.4) is 0 Å². The first-order valence-electron chi connectivity index (χ1n) is 5.72.